The molecule has 1 N–H and O–H groups in total. The molecule has 1 amide bonds. The minimum Gasteiger partial charge on any atom is -0.497 e. The molecule has 152 valence electrons. The molecule has 9 heteroatoms. The highest BCUT2D eigenvalue weighted by Crippen LogP contribution is 2.31. The minimum atomic E-state index is -0.310. The summed E-state index contributed by atoms with van der Waals surface area (Å²) < 4.78 is 8.13. The summed E-state index contributed by atoms with van der Waals surface area (Å²) in [7, 11) is 1.63. The lowest BCUT2D eigenvalue weighted by molar-refractivity contribution is -0.117. The van der Waals surface area contributed by atoms with E-state index in [1.807, 2.05) is 31.2 Å². The minimum absolute atomic E-state index is 0.116. The van der Waals surface area contributed by atoms with Crippen molar-refractivity contribution >= 4 is 22.4 Å². The first-order valence-electron chi connectivity index (χ1n) is 9.63. The SMILES string of the molecule is COc1ccc(-c2nc(NC(=O)Cn3nc4n(c3=O)CCCCC4)sc2C)cc1. The summed E-state index contributed by atoms with van der Waals surface area (Å²) in [5.74, 6) is 1.24. The molecule has 29 heavy (non-hydrogen) atoms. The third-order valence-electron chi connectivity index (χ3n) is 4.98. The summed E-state index contributed by atoms with van der Waals surface area (Å²) in [4.78, 5) is 30.5. The van der Waals surface area contributed by atoms with Crippen molar-refractivity contribution in [2.75, 3.05) is 12.4 Å². The smallest absolute Gasteiger partial charge is 0.346 e. The predicted octanol–water partition coefficient (Wildman–Crippen LogP) is 2.85. The van der Waals surface area contributed by atoms with Crippen LogP contribution in [0.4, 0.5) is 5.13 Å². The Hall–Kier alpha value is -2.94. The van der Waals surface area contributed by atoms with E-state index in [2.05, 4.69) is 15.4 Å². The third kappa shape index (κ3) is 4.09. The number of nitrogens with zero attached hydrogens (tertiary/aromatic N) is 4. The summed E-state index contributed by atoms with van der Waals surface area (Å²) in [6.45, 7) is 2.52. The maximum Gasteiger partial charge on any atom is 0.346 e. The van der Waals surface area contributed by atoms with Crippen LogP contribution in [0.15, 0.2) is 29.1 Å². The second-order valence-electron chi connectivity index (χ2n) is 7.02. The number of carbonyl (C=O) groups is 1. The van der Waals surface area contributed by atoms with Crippen LogP contribution in [-0.4, -0.2) is 32.3 Å². The van der Waals surface area contributed by atoms with Gasteiger partial charge >= 0.3 is 5.69 Å². The summed E-state index contributed by atoms with van der Waals surface area (Å²) in [5, 5.41) is 7.66. The number of nitrogens with one attached hydrogen (secondary N) is 1. The first-order valence-corrected chi connectivity index (χ1v) is 10.4. The van der Waals surface area contributed by atoms with Gasteiger partial charge in [-0.05, 0) is 44.0 Å². The fraction of sp³-hybridized carbons (Fsp3) is 0.400. The maximum absolute atomic E-state index is 12.5. The Bertz CT molecular complexity index is 1080. The number of aromatic nitrogens is 4. The van der Waals surface area contributed by atoms with Crippen LogP contribution in [0.25, 0.3) is 11.3 Å². The van der Waals surface area contributed by atoms with Crippen LogP contribution in [0.5, 0.6) is 5.75 Å². The fourth-order valence-electron chi connectivity index (χ4n) is 3.49. The fourth-order valence-corrected chi connectivity index (χ4v) is 4.34. The topological polar surface area (TPSA) is 91.0 Å². The van der Waals surface area contributed by atoms with E-state index < -0.39 is 0 Å². The van der Waals surface area contributed by atoms with Crippen molar-refractivity contribution in [3.63, 3.8) is 0 Å². The zero-order chi connectivity index (χ0) is 20.4. The molecule has 0 saturated heterocycles. The lowest BCUT2D eigenvalue weighted by atomic mass is 10.1. The van der Waals surface area contributed by atoms with E-state index in [9.17, 15) is 9.59 Å². The summed E-state index contributed by atoms with van der Waals surface area (Å²) in [5.41, 5.74) is 1.55. The Labute approximate surface area is 172 Å². The molecule has 1 aliphatic rings. The van der Waals surface area contributed by atoms with Gasteiger partial charge in [0.2, 0.25) is 5.91 Å². The molecule has 2 aromatic heterocycles. The van der Waals surface area contributed by atoms with Crippen LogP contribution >= 0.6 is 11.3 Å². The van der Waals surface area contributed by atoms with E-state index in [0.29, 0.717) is 11.7 Å². The van der Waals surface area contributed by atoms with E-state index >= 15 is 0 Å². The van der Waals surface area contributed by atoms with Gasteiger partial charge in [0.1, 0.15) is 18.1 Å². The van der Waals surface area contributed by atoms with E-state index in [-0.39, 0.29) is 18.1 Å². The number of aryl methyl sites for hydroxylation is 2. The molecule has 0 saturated carbocycles. The molecule has 0 radical (unpaired) electrons. The first kappa shape index (κ1) is 19.4. The molecule has 3 aromatic rings. The van der Waals surface area contributed by atoms with Gasteiger partial charge in [-0.3, -0.25) is 9.36 Å². The molecule has 0 bridgehead atoms. The normalized spacial score (nSPS) is 13.6. The van der Waals surface area contributed by atoms with E-state index in [0.717, 1.165) is 53.4 Å². The van der Waals surface area contributed by atoms with Gasteiger partial charge < -0.3 is 10.1 Å². The predicted molar refractivity (Wildman–Crippen MR) is 112 cm³/mol. The van der Waals surface area contributed by atoms with E-state index in [4.69, 9.17) is 4.74 Å². The highest BCUT2D eigenvalue weighted by molar-refractivity contribution is 7.16. The van der Waals surface area contributed by atoms with Crippen molar-refractivity contribution in [3.8, 4) is 17.0 Å². The molecule has 4 rings (SSSR count). The lowest BCUT2D eigenvalue weighted by Crippen LogP contribution is -2.30. The number of ether oxygens (including phenoxy) is 1. The lowest BCUT2D eigenvalue weighted by Gasteiger charge is -2.02. The van der Waals surface area contributed by atoms with Gasteiger partial charge in [-0.1, -0.05) is 6.42 Å². The van der Waals surface area contributed by atoms with Gasteiger partial charge in [-0.2, -0.15) is 5.10 Å². The van der Waals surface area contributed by atoms with Crippen molar-refractivity contribution in [2.24, 2.45) is 0 Å². The molecule has 0 unspecified atom stereocenters. The molecule has 3 heterocycles. The van der Waals surface area contributed by atoms with Crippen LogP contribution in [0, 0.1) is 6.92 Å². The van der Waals surface area contributed by atoms with E-state index in [1.165, 1.54) is 16.0 Å². The average molecular weight is 414 g/mol. The van der Waals surface area contributed by atoms with Crippen molar-refractivity contribution in [1.82, 2.24) is 19.3 Å². The van der Waals surface area contributed by atoms with Crippen molar-refractivity contribution < 1.29 is 9.53 Å². The van der Waals surface area contributed by atoms with Gasteiger partial charge in [0, 0.05) is 23.4 Å². The number of anilines is 1. The van der Waals surface area contributed by atoms with Gasteiger partial charge in [0.05, 0.1) is 12.8 Å². The van der Waals surface area contributed by atoms with Crippen LogP contribution in [0.1, 0.15) is 30.0 Å². The molecule has 0 aliphatic carbocycles. The molecule has 1 aromatic carbocycles. The first-order chi connectivity index (χ1) is 14.0. The van der Waals surface area contributed by atoms with Crippen LogP contribution in [0.2, 0.25) is 0 Å². The Balaban J connectivity index is 1.47. The average Bonchev–Trinajstić information content (AvgIpc) is 3.10. The van der Waals surface area contributed by atoms with Gasteiger partial charge in [0.25, 0.3) is 0 Å². The molecular formula is C20H23N5O3S. The van der Waals surface area contributed by atoms with Crippen LogP contribution in [0.3, 0.4) is 0 Å². The number of hydrogen-bond donors (Lipinski definition) is 1. The number of fused-ring (bicyclic) bond motifs is 1. The second-order valence-corrected chi connectivity index (χ2v) is 8.22. The Morgan fingerprint density at radius 2 is 2.03 bits per heavy atom. The number of amides is 1. The zero-order valence-corrected chi connectivity index (χ0v) is 17.3. The quantitative estimate of drug-likeness (QED) is 0.695. The highest BCUT2D eigenvalue weighted by Gasteiger charge is 2.18. The second kappa shape index (κ2) is 8.20. The zero-order valence-electron chi connectivity index (χ0n) is 16.5. The standard InChI is InChI=1S/C20H23N5O3S/c1-13-18(14-7-9-15(28-2)10-8-14)22-19(29-13)21-17(26)12-25-20(27)24-11-5-3-4-6-16(24)23-25/h7-10H,3-6,11-12H2,1-2H3,(H,21,22,26). The molecule has 0 spiro atoms. The number of benzene rings is 1. The van der Waals surface area contributed by atoms with E-state index in [1.54, 1.807) is 11.7 Å². The summed E-state index contributed by atoms with van der Waals surface area (Å²) in [6, 6.07) is 7.62. The monoisotopic (exact) mass is 413 g/mol. The summed E-state index contributed by atoms with van der Waals surface area (Å²) >= 11 is 1.41. The van der Waals surface area contributed by atoms with Gasteiger partial charge in [0.15, 0.2) is 5.13 Å². The number of methoxy groups -OCH3 is 1. The van der Waals surface area contributed by atoms with Crippen molar-refractivity contribution in [1.29, 1.82) is 0 Å². The maximum atomic E-state index is 12.5. The van der Waals surface area contributed by atoms with Crippen LogP contribution < -0.4 is 15.7 Å². The van der Waals surface area contributed by atoms with Gasteiger partial charge in [-0.25, -0.2) is 14.5 Å². The molecular weight excluding hydrogens is 390 g/mol. The Kier molecular flexibility index (Phi) is 5.48. The Morgan fingerprint density at radius 3 is 2.79 bits per heavy atom. The molecule has 8 nitrogen and oxygen atoms in total. The number of carbonyl (C=O) groups excluding carboxylic acids is 1. The largest absolute Gasteiger partial charge is 0.497 e. The third-order valence-corrected chi connectivity index (χ3v) is 5.87. The molecule has 0 fully saturated rings. The van der Waals surface area contributed by atoms with Gasteiger partial charge in [-0.15, -0.1) is 11.3 Å². The van der Waals surface area contributed by atoms with Crippen LogP contribution in [-0.2, 0) is 24.3 Å². The molecule has 0 atom stereocenters. The summed E-state index contributed by atoms with van der Waals surface area (Å²) in [6.07, 6.45) is 3.87. The Morgan fingerprint density at radius 1 is 1.24 bits per heavy atom. The molecule has 1 aliphatic heterocycles. The number of rotatable bonds is 5. The number of thiazole rings is 1. The highest BCUT2D eigenvalue weighted by atomic mass is 32.1. The van der Waals surface area contributed by atoms with Crippen molar-refractivity contribution in [3.05, 3.63) is 45.5 Å². The number of hydrogen-bond acceptors (Lipinski definition) is 6. The van der Waals surface area contributed by atoms with Crippen molar-refractivity contribution in [2.45, 2.75) is 45.7 Å².